The van der Waals surface area contributed by atoms with Crippen molar-refractivity contribution in [3.8, 4) is 17.1 Å². The summed E-state index contributed by atoms with van der Waals surface area (Å²) in [7, 11) is 1.65. The maximum Gasteiger partial charge on any atom is 0.181 e. The Morgan fingerprint density at radius 1 is 1.24 bits per heavy atom. The third kappa shape index (κ3) is 2.46. The summed E-state index contributed by atoms with van der Waals surface area (Å²) in [5.41, 5.74) is 0.931. The van der Waals surface area contributed by atoms with Crippen molar-refractivity contribution in [1.82, 2.24) is 15.2 Å². The average molecular weight is 231 g/mol. The Bertz CT molecular complexity index is 511. The van der Waals surface area contributed by atoms with Crippen LogP contribution in [0, 0.1) is 0 Å². The molecule has 1 aromatic carbocycles. The lowest BCUT2D eigenvalue weighted by molar-refractivity contribution is 0.415. The fourth-order valence-corrected chi connectivity index (χ4v) is 1.49. The molecular formula is C13H17N3O. The monoisotopic (exact) mass is 231 g/mol. The van der Waals surface area contributed by atoms with Crippen molar-refractivity contribution in [2.45, 2.75) is 26.2 Å². The Kier molecular flexibility index (Phi) is 2.88. The lowest BCUT2D eigenvalue weighted by Crippen LogP contribution is -2.13. The summed E-state index contributed by atoms with van der Waals surface area (Å²) in [4.78, 5) is 4.50. The van der Waals surface area contributed by atoms with Gasteiger partial charge in [-0.15, -0.1) is 0 Å². The Labute approximate surface area is 101 Å². The molecule has 0 bridgehead atoms. The summed E-state index contributed by atoms with van der Waals surface area (Å²) >= 11 is 0. The number of benzene rings is 1. The number of hydrogen-bond donors (Lipinski definition) is 1. The zero-order chi connectivity index (χ0) is 12.5. The first-order valence-corrected chi connectivity index (χ1v) is 5.58. The highest BCUT2D eigenvalue weighted by Gasteiger charge is 2.19. The molecule has 2 rings (SSSR count). The van der Waals surface area contributed by atoms with Gasteiger partial charge in [-0.25, -0.2) is 4.98 Å². The van der Waals surface area contributed by atoms with E-state index in [0.717, 1.165) is 17.1 Å². The maximum atomic E-state index is 5.18. The van der Waals surface area contributed by atoms with E-state index >= 15 is 0 Å². The van der Waals surface area contributed by atoms with Crippen molar-refractivity contribution in [3.63, 3.8) is 0 Å². The molecule has 90 valence electrons. The van der Waals surface area contributed by atoms with E-state index in [1.165, 1.54) is 0 Å². The highest BCUT2D eigenvalue weighted by Crippen LogP contribution is 2.23. The molecule has 0 atom stereocenters. The molecule has 0 aliphatic rings. The first-order valence-electron chi connectivity index (χ1n) is 5.58. The summed E-state index contributed by atoms with van der Waals surface area (Å²) < 4.78 is 5.18. The molecule has 0 unspecified atom stereocenters. The molecule has 0 amide bonds. The molecule has 0 saturated carbocycles. The van der Waals surface area contributed by atoms with Crippen LogP contribution in [0.25, 0.3) is 11.4 Å². The number of aromatic amines is 1. The summed E-state index contributed by atoms with van der Waals surface area (Å²) in [5, 5.41) is 7.22. The van der Waals surface area contributed by atoms with Crippen LogP contribution in [0.4, 0.5) is 0 Å². The van der Waals surface area contributed by atoms with E-state index in [-0.39, 0.29) is 5.41 Å². The molecule has 1 N–H and O–H groups in total. The molecule has 0 aliphatic heterocycles. The first-order chi connectivity index (χ1) is 8.00. The van der Waals surface area contributed by atoms with E-state index in [1.807, 2.05) is 24.3 Å². The van der Waals surface area contributed by atoms with Crippen molar-refractivity contribution in [2.75, 3.05) is 7.11 Å². The predicted octanol–water partition coefficient (Wildman–Crippen LogP) is 2.78. The second-order valence-electron chi connectivity index (χ2n) is 4.99. The van der Waals surface area contributed by atoms with Crippen LogP contribution in [0.2, 0.25) is 0 Å². The predicted molar refractivity (Wildman–Crippen MR) is 67.1 cm³/mol. The van der Waals surface area contributed by atoms with E-state index in [4.69, 9.17) is 4.74 Å². The van der Waals surface area contributed by atoms with Gasteiger partial charge in [-0.2, -0.15) is 5.10 Å². The van der Waals surface area contributed by atoms with E-state index in [1.54, 1.807) is 7.11 Å². The molecule has 0 fully saturated rings. The molecule has 0 aliphatic carbocycles. The van der Waals surface area contributed by atoms with Gasteiger partial charge in [0, 0.05) is 11.0 Å². The van der Waals surface area contributed by atoms with Crippen LogP contribution in [0.5, 0.6) is 5.75 Å². The quantitative estimate of drug-likeness (QED) is 0.864. The van der Waals surface area contributed by atoms with Crippen LogP contribution < -0.4 is 4.74 Å². The zero-order valence-corrected chi connectivity index (χ0v) is 10.6. The van der Waals surface area contributed by atoms with Crippen LogP contribution in [0.15, 0.2) is 24.3 Å². The smallest absolute Gasteiger partial charge is 0.181 e. The van der Waals surface area contributed by atoms with Gasteiger partial charge in [0.2, 0.25) is 0 Å². The number of ether oxygens (including phenoxy) is 1. The van der Waals surface area contributed by atoms with Crippen molar-refractivity contribution in [3.05, 3.63) is 30.1 Å². The number of nitrogens with one attached hydrogen (secondary N) is 1. The van der Waals surface area contributed by atoms with Gasteiger partial charge in [0.25, 0.3) is 0 Å². The van der Waals surface area contributed by atoms with Gasteiger partial charge in [-0.1, -0.05) is 32.9 Å². The number of nitrogens with zero attached hydrogens (tertiary/aromatic N) is 2. The number of H-pyrrole nitrogens is 1. The van der Waals surface area contributed by atoms with Crippen LogP contribution in [0.1, 0.15) is 26.6 Å². The Balaban J connectivity index is 2.37. The van der Waals surface area contributed by atoms with Gasteiger partial charge < -0.3 is 4.74 Å². The highest BCUT2D eigenvalue weighted by molar-refractivity contribution is 5.57. The fraction of sp³-hybridized carbons (Fsp3) is 0.385. The van der Waals surface area contributed by atoms with E-state index < -0.39 is 0 Å². The van der Waals surface area contributed by atoms with Gasteiger partial charge in [0.05, 0.1) is 7.11 Å². The number of methoxy groups -OCH3 is 1. The normalized spacial score (nSPS) is 11.5. The van der Waals surface area contributed by atoms with Crippen LogP contribution in [-0.2, 0) is 5.41 Å². The van der Waals surface area contributed by atoms with E-state index in [2.05, 4.69) is 36.0 Å². The van der Waals surface area contributed by atoms with Crippen molar-refractivity contribution in [1.29, 1.82) is 0 Å². The molecule has 0 radical (unpaired) electrons. The third-order valence-corrected chi connectivity index (χ3v) is 2.52. The Hall–Kier alpha value is -1.84. The van der Waals surface area contributed by atoms with Crippen molar-refractivity contribution in [2.24, 2.45) is 0 Å². The zero-order valence-electron chi connectivity index (χ0n) is 10.6. The van der Waals surface area contributed by atoms with Gasteiger partial charge in [0.15, 0.2) is 5.82 Å². The molecule has 1 aromatic heterocycles. The molecule has 1 heterocycles. The molecule has 17 heavy (non-hydrogen) atoms. The third-order valence-electron chi connectivity index (χ3n) is 2.52. The van der Waals surface area contributed by atoms with E-state index in [9.17, 15) is 0 Å². The summed E-state index contributed by atoms with van der Waals surface area (Å²) in [5.74, 6) is 2.40. The second-order valence-corrected chi connectivity index (χ2v) is 4.99. The fourth-order valence-electron chi connectivity index (χ4n) is 1.49. The molecule has 2 aromatic rings. The maximum absolute atomic E-state index is 5.18. The standard InChI is InChI=1S/C13H17N3O/c1-13(2,3)12-14-11(15-16-12)9-6-5-7-10(8-9)17-4/h5-8H,1-4H3,(H,14,15,16). The second kappa shape index (κ2) is 4.20. The minimum Gasteiger partial charge on any atom is -0.497 e. The van der Waals surface area contributed by atoms with Gasteiger partial charge >= 0.3 is 0 Å². The molecule has 4 nitrogen and oxygen atoms in total. The molecule has 4 heteroatoms. The van der Waals surface area contributed by atoms with Gasteiger partial charge in [-0.3, -0.25) is 5.10 Å². The largest absolute Gasteiger partial charge is 0.497 e. The molecule has 0 saturated heterocycles. The SMILES string of the molecule is COc1cccc(-c2n[nH]c(C(C)(C)C)n2)c1. The van der Waals surface area contributed by atoms with E-state index in [0.29, 0.717) is 5.82 Å². The summed E-state index contributed by atoms with van der Waals surface area (Å²) in [6, 6.07) is 7.73. The average Bonchev–Trinajstić information content (AvgIpc) is 2.78. The van der Waals surface area contributed by atoms with Gasteiger partial charge in [-0.05, 0) is 12.1 Å². The van der Waals surface area contributed by atoms with Crippen LogP contribution >= 0.6 is 0 Å². The topological polar surface area (TPSA) is 50.8 Å². The molecular weight excluding hydrogens is 214 g/mol. The Morgan fingerprint density at radius 3 is 2.59 bits per heavy atom. The van der Waals surface area contributed by atoms with Crippen molar-refractivity contribution >= 4 is 0 Å². The first kappa shape index (κ1) is 11.6. The van der Waals surface area contributed by atoms with Crippen LogP contribution in [0.3, 0.4) is 0 Å². The number of hydrogen-bond acceptors (Lipinski definition) is 3. The summed E-state index contributed by atoms with van der Waals surface area (Å²) in [6.45, 7) is 6.30. The number of aromatic nitrogens is 3. The Morgan fingerprint density at radius 2 is 2.00 bits per heavy atom. The minimum atomic E-state index is -0.0237. The van der Waals surface area contributed by atoms with Crippen LogP contribution in [-0.4, -0.2) is 22.3 Å². The minimum absolute atomic E-state index is 0.0237. The lowest BCUT2D eigenvalue weighted by atomic mass is 9.96. The molecule has 0 spiro atoms. The highest BCUT2D eigenvalue weighted by atomic mass is 16.5. The van der Waals surface area contributed by atoms with Gasteiger partial charge in [0.1, 0.15) is 11.6 Å². The summed E-state index contributed by atoms with van der Waals surface area (Å²) in [6.07, 6.45) is 0. The van der Waals surface area contributed by atoms with Crippen molar-refractivity contribution < 1.29 is 4.74 Å². The lowest BCUT2D eigenvalue weighted by Gasteiger charge is -2.12. The number of rotatable bonds is 2.